The van der Waals surface area contributed by atoms with Gasteiger partial charge in [0.05, 0.1) is 23.5 Å². The first-order valence-corrected chi connectivity index (χ1v) is 7.37. The highest BCUT2D eigenvalue weighted by molar-refractivity contribution is 9.10. The quantitative estimate of drug-likeness (QED) is 0.233. The second-order valence-electron chi connectivity index (χ2n) is 4.42. The summed E-state index contributed by atoms with van der Waals surface area (Å²) in [6, 6.07) is 4.21. The third kappa shape index (κ3) is 5.63. The molecule has 0 radical (unpaired) electrons. The first-order valence-electron chi connectivity index (χ1n) is 6.58. The molecule has 0 fully saturated rings. The van der Waals surface area contributed by atoms with Gasteiger partial charge in [0.2, 0.25) is 0 Å². The minimum atomic E-state index is -0.614. The molecule has 0 atom stereocenters. The lowest BCUT2D eigenvalue weighted by molar-refractivity contribution is -0.385. The van der Waals surface area contributed by atoms with Gasteiger partial charge in [-0.15, -0.1) is 0 Å². The van der Waals surface area contributed by atoms with Gasteiger partial charge in [0.25, 0.3) is 5.69 Å². The fraction of sp³-hybridized carbons (Fsp3) is 0.429. The van der Waals surface area contributed by atoms with Crippen molar-refractivity contribution in [2.75, 3.05) is 6.61 Å². The zero-order chi connectivity index (χ0) is 15.8. The largest absolute Gasteiger partial charge is 0.466 e. The maximum atomic E-state index is 12.0. The van der Waals surface area contributed by atoms with Gasteiger partial charge >= 0.3 is 5.97 Å². The zero-order valence-corrected chi connectivity index (χ0v) is 13.2. The van der Waals surface area contributed by atoms with Crippen molar-refractivity contribution < 1.29 is 19.2 Å². The standard InChI is InChI=1S/C14H16BrNO5/c1-2-3-8-21-14(18)7-6-13(17)11-5-4-10(15)9-12(11)16(19)20/h4-5,9H,2-3,6-8H2,1H3. The minimum absolute atomic E-state index is 0.00422. The first-order chi connectivity index (χ1) is 9.95. The van der Waals surface area contributed by atoms with E-state index >= 15 is 0 Å². The van der Waals surface area contributed by atoms with Crippen LogP contribution in [0.25, 0.3) is 0 Å². The fourth-order valence-corrected chi connectivity index (χ4v) is 1.99. The van der Waals surface area contributed by atoms with Crippen molar-refractivity contribution in [2.24, 2.45) is 0 Å². The summed E-state index contributed by atoms with van der Waals surface area (Å²) in [6.07, 6.45) is 1.51. The van der Waals surface area contributed by atoms with E-state index in [0.29, 0.717) is 11.1 Å². The molecule has 0 aliphatic heterocycles. The Bertz CT molecular complexity index is 544. The van der Waals surface area contributed by atoms with Gasteiger partial charge in [0.15, 0.2) is 5.78 Å². The van der Waals surface area contributed by atoms with Crippen LogP contribution in [0.5, 0.6) is 0 Å². The van der Waals surface area contributed by atoms with E-state index < -0.39 is 16.7 Å². The number of benzene rings is 1. The number of Topliss-reactive ketones (excluding diaryl/α,β-unsaturated/α-hetero) is 1. The van der Waals surface area contributed by atoms with Crippen LogP contribution < -0.4 is 0 Å². The smallest absolute Gasteiger partial charge is 0.306 e. The third-order valence-electron chi connectivity index (χ3n) is 2.77. The number of rotatable bonds is 8. The van der Waals surface area contributed by atoms with Crippen LogP contribution in [0.1, 0.15) is 43.0 Å². The summed E-state index contributed by atoms with van der Waals surface area (Å²) in [4.78, 5) is 33.7. The number of carbonyl (C=O) groups excluding carboxylic acids is 2. The van der Waals surface area contributed by atoms with Gasteiger partial charge < -0.3 is 4.74 Å². The van der Waals surface area contributed by atoms with Crippen molar-refractivity contribution in [3.63, 3.8) is 0 Å². The Hall–Kier alpha value is -1.76. The second kappa shape index (κ2) is 8.51. The Morgan fingerprint density at radius 2 is 2.05 bits per heavy atom. The molecule has 0 aliphatic rings. The number of ketones is 1. The van der Waals surface area contributed by atoms with Crippen molar-refractivity contribution in [3.05, 3.63) is 38.3 Å². The predicted molar refractivity (Wildman–Crippen MR) is 80.2 cm³/mol. The molecule has 114 valence electrons. The molecule has 0 heterocycles. The molecule has 21 heavy (non-hydrogen) atoms. The molecule has 1 aromatic carbocycles. The Morgan fingerprint density at radius 1 is 1.33 bits per heavy atom. The third-order valence-corrected chi connectivity index (χ3v) is 3.27. The molecule has 0 aromatic heterocycles. The van der Waals surface area contributed by atoms with Gasteiger partial charge in [-0.2, -0.15) is 0 Å². The van der Waals surface area contributed by atoms with Crippen LogP contribution in [0.3, 0.4) is 0 Å². The minimum Gasteiger partial charge on any atom is -0.466 e. The molecular formula is C14H16BrNO5. The summed E-state index contributed by atoms with van der Waals surface area (Å²) in [6.45, 7) is 2.31. The van der Waals surface area contributed by atoms with Gasteiger partial charge in [-0.1, -0.05) is 29.3 Å². The maximum Gasteiger partial charge on any atom is 0.306 e. The number of ether oxygens (including phenoxy) is 1. The van der Waals surface area contributed by atoms with E-state index in [1.807, 2.05) is 6.92 Å². The molecule has 1 aromatic rings. The van der Waals surface area contributed by atoms with Crippen molar-refractivity contribution in [1.82, 2.24) is 0 Å². The van der Waals surface area contributed by atoms with Crippen LogP contribution in [-0.4, -0.2) is 23.3 Å². The predicted octanol–water partition coefficient (Wildman–Crippen LogP) is 3.66. The normalized spacial score (nSPS) is 10.2. The van der Waals surface area contributed by atoms with Crippen LogP contribution in [0.15, 0.2) is 22.7 Å². The van der Waals surface area contributed by atoms with E-state index in [-0.39, 0.29) is 24.1 Å². The number of nitro groups is 1. The van der Waals surface area contributed by atoms with E-state index in [1.54, 1.807) is 6.07 Å². The van der Waals surface area contributed by atoms with E-state index in [0.717, 1.165) is 12.8 Å². The molecule has 1 rings (SSSR count). The highest BCUT2D eigenvalue weighted by Crippen LogP contribution is 2.25. The topological polar surface area (TPSA) is 86.5 Å². The summed E-state index contributed by atoms with van der Waals surface area (Å²) in [5.41, 5.74) is -0.265. The van der Waals surface area contributed by atoms with Crippen LogP contribution in [0, 0.1) is 10.1 Å². The molecule has 0 N–H and O–H groups in total. The zero-order valence-electron chi connectivity index (χ0n) is 11.6. The fourth-order valence-electron chi connectivity index (χ4n) is 1.64. The summed E-state index contributed by atoms with van der Waals surface area (Å²) in [5, 5.41) is 10.9. The van der Waals surface area contributed by atoms with Crippen molar-refractivity contribution in [1.29, 1.82) is 0 Å². The average Bonchev–Trinajstić information content (AvgIpc) is 2.44. The molecule has 6 nitrogen and oxygen atoms in total. The van der Waals surface area contributed by atoms with Crippen LogP contribution >= 0.6 is 15.9 Å². The van der Waals surface area contributed by atoms with Gasteiger partial charge in [-0.05, 0) is 18.6 Å². The number of halogens is 1. The Kier molecular flexibility index (Phi) is 7.01. The summed E-state index contributed by atoms with van der Waals surface area (Å²) in [7, 11) is 0. The average molecular weight is 358 g/mol. The second-order valence-corrected chi connectivity index (χ2v) is 5.33. The van der Waals surface area contributed by atoms with Gasteiger partial charge in [-0.3, -0.25) is 19.7 Å². The van der Waals surface area contributed by atoms with E-state index in [4.69, 9.17) is 4.74 Å². The number of nitrogens with zero attached hydrogens (tertiary/aromatic N) is 1. The highest BCUT2D eigenvalue weighted by Gasteiger charge is 2.21. The molecule has 0 amide bonds. The van der Waals surface area contributed by atoms with Crippen LogP contribution in [-0.2, 0) is 9.53 Å². The van der Waals surface area contributed by atoms with Gasteiger partial charge in [0, 0.05) is 17.0 Å². The van der Waals surface area contributed by atoms with Crippen LogP contribution in [0.4, 0.5) is 5.69 Å². The molecule has 7 heteroatoms. The number of nitro benzene ring substituents is 1. The van der Waals surface area contributed by atoms with Crippen molar-refractivity contribution >= 4 is 33.4 Å². The number of unbranched alkanes of at least 4 members (excludes halogenated alkanes) is 1. The Labute approximate surface area is 130 Å². The number of hydrogen-bond donors (Lipinski definition) is 0. The lowest BCUT2D eigenvalue weighted by atomic mass is 10.0. The van der Waals surface area contributed by atoms with Crippen LogP contribution in [0.2, 0.25) is 0 Å². The molecular weight excluding hydrogens is 342 g/mol. The Morgan fingerprint density at radius 3 is 2.67 bits per heavy atom. The van der Waals surface area contributed by atoms with E-state index in [9.17, 15) is 19.7 Å². The van der Waals surface area contributed by atoms with Crippen molar-refractivity contribution in [3.8, 4) is 0 Å². The number of carbonyl (C=O) groups is 2. The van der Waals surface area contributed by atoms with Crippen molar-refractivity contribution in [2.45, 2.75) is 32.6 Å². The molecule has 0 spiro atoms. The summed E-state index contributed by atoms with van der Waals surface area (Å²) < 4.78 is 5.45. The molecule has 0 saturated carbocycles. The van der Waals surface area contributed by atoms with E-state index in [2.05, 4.69) is 15.9 Å². The first kappa shape index (κ1) is 17.3. The molecule has 0 unspecified atom stereocenters. The van der Waals surface area contributed by atoms with E-state index in [1.165, 1.54) is 12.1 Å². The maximum absolute atomic E-state index is 12.0. The molecule has 0 saturated heterocycles. The lowest BCUT2D eigenvalue weighted by Gasteiger charge is -2.04. The number of esters is 1. The monoisotopic (exact) mass is 357 g/mol. The van der Waals surface area contributed by atoms with Gasteiger partial charge in [-0.25, -0.2) is 0 Å². The summed E-state index contributed by atoms with van der Waals surface area (Å²) in [5.74, 6) is -0.904. The lowest BCUT2D eigenvalue weighted by Crippen LogP contribution is -2.10. The molecule has 0 bridgehead atoms. The SMILES string of the molecule is CCCCOC(=O)CCC(=O)c1ccc(Br)cc1[N+](=O)[O-]. The highest BCUT2D eigenvalue weighted by atomic mass is 79.9. The van der Waals surface area contributed by atoms with Gasteiger partial charge in [0.1, 0.15) is 0 Å². The summed E-state index contributed by atoms with van der Waals surface area (Å²) >= 11 is 3.12. The Balaban J connectivity index is 2.64. The molecule has 0 aliphatic carbocycles. The number of hydrogen-bond acceptors (Lipinski definition) is 5.